The summed E-state index contributed by atoms with van der Waals surface area (Å²) in [6, 6.07) is 6.36. The van der Waals surface area contributed by atoms with Gasteiger partial charge in [0.25, 0.3) is 0 Å². The second-order valence-corrected chi connectivity index (χ2v) is 4.29. The Hall–Kier alpha value is -2.19. The highest BCUT2D eigenvalue weighted by molar-refractivity contribution is 5.30. The van der Waals surface area contributed by atoms with E-state index < -0.39 is 0 Å². The standard InChI is InChI=1S/C13H15N5/c1-10(2)16-8-11-3-4-12(17-9-11)18-6-5-15-13(18)7-14/h3-6,9-10,16H,8H2,1-2H3. The number of hydrogen-bond acceptors (Lipinski definition) is 4. The molecule has 1 N–H and O–H groups in total. The average molecular weight is 241 g/mol. The van der Waals surface area contributed by atoms with E-state index in [1.54, 1.807) is 17.0 Å². The van der Waals surface area contributed by atoms with Crippen molar-refractivity contribution in [1.82, 2.24) is 19.9 Å². The quantitative estimate of drug-likeness (QED) is 0.883. The number of rotatable bonds is 4. The Bertz CT molecular complexity index is 548. The van der Waals surface area contributed by atoms with Crippen LogP contribution in [0.2, 0.25) is 0 Å². The summed E-state index contributed by atoms with van der Waals surface area (Å²) >= 11 is 0. The second kappa shape index (κ2) is 5.43. The molecule has 0 aliphatic carbocycles. The first kappa shape index (κ1) is 12.3. The van der Waals surface area contributed by atoms with Gasteiger partial charge in [-0.1, -0.05) is 19.9 Å². The Morgan fingerprint density at radius 3 is 2.83 bits per heavy atom. The summed E-state index contributed by atoms with van der Waals surface area (Å²) < 4.78 is 1.67. The minimum absolute atomic E-state index is 0.343. The van der Waals surface area contributed by atoms with Gasteiger partial charge in [0.05, 0.1) is 0 Å². The molecule has 2 heterocycles. The lowest BCUT2D eigenvalue weighted by Gasteiger charge is -2.08. The summed E-state index contributed by atoms with van der Waals surface area (Å²) in [5.74, 6) is 1.05. The largest absolute Gasteiger partial charge is 0.310 e. The molecule has 0 bridgehead atoms. The average Bonchev–Trinajstić information content (AvgIpc) is 2.85. The van der Waals surface area contributed by atoms with Gasteiger partial charge < -0.3 is 5.32 Å². The Balaban J connectivity index is 2.15. The van der Waals surface area contributed by atoms with Gasteiger partial charge in [0, 0.05) is 31.2 Å². The van der Waals surface area contributed by atoms with E-state index in [2.05, 4.69) is 29.1 Å². The molecule has 92 valence electrons. The lowest BCUT2D eigenvalue weighted by Crippen LogP contribution is -2.21. The summed E-state index contributed by atoms with van der Waals surface area (Å²) in [5, 5.41) is 12.2. The van der Waals surface area contributed by atoms with Crippen molar-refractivity contribution in [2.24, 2.45) is 0 Å². The number of aromatic nitrogens is 3. The van der Waals surface area contributed by atoms with E-state index >= 15 is 0 Å². The van der Waals surface area contributed by atoms with Crippen LogP contribution in [0.3, 0.4) is 0 Å². The van der Waals surface area contributed by atoms with E-state index in [1.807, 2.05) is 24.4 Å². The molecular formula is C13H15N5. The van der Waals surface area contributed by atoms with Crippen LogP contribution in [0.25, 0.3) is 5.82 Å². The lowest BCUT2D eigenvalue weighted by atomic mass is 10.2. The van der Waals surface area contributed by atoms with Crippen molar-refractivity contribution in [3.05, 3.63) is 42.1 Å². The molecule has 0 saturated heterocycles. The Morgan fingerprint density at radius 1 is 1.39 bits per heavy atom. The van der Waals surface area contributed by atoms with Gasteiger partial charge in [-0.05, 0) is 11.6 Å². The molecule has 0 atom stereocenters. The molecule has 0 aromatic carbocycles. The highest BCUT2D eigenvalue weighted by Crippen LogP contribution is 2.08. The number of pyridine rings is 1. The Morgan fingerprint density at radius 2 is 2.22 bits per heavy atom. The molecule has 0 aliphatic rings. The number of hydrogen-bond donors (Lipinski definition) is 1. The highest BCUT2D eigenvalue weighted by Gasteiger charge is 2.04. The number of nitriles is 1. The van der Waals surface area contributed by atoms with E-state index in [-0.39, 0.29) is 0 Å². The third-order valence-corrected chi connectivity index (χ3v) is 2.51. The van der Waals surface area contributed by atoms with Gasteiger partial charge in [-0.25, -0.2) is 9.97 Å². The maximum atomic E-state index is 8.90. The van der Waals surface area contributed by atoms with Gasteiger partial charge >= 0.3 is 0 Å². The minimum atomic E-state index is 0.343. The maximum absolute atomic E-state index is 8.90. The molecule has 2 aromatic rings. The monoisotopic (exact) mass is 241 g/mol. The zero-order valence-corrected chi connectivity index (χ0v) is 10.5. The van der Waals surface area contributed by atoms with Gasteiger partial charge in [0.1, 0.15) is 11.9 Å². The van der Waals surface area contributed by atoms with E-state index in [4.69, 9.17) is 5.26 Å². The van der Waals surface area contributed by atoms with Gasteiger partial charge in [-0.2, -0.15) is 5.26 Å². The van der Waals surface area contributed by atoms with Crippen LogP contribution >= 0.6 is 0 Å². The highest BCUT2D eigenvalue weighted by atomic mass is 15.1. The summed E-state index contributed by atoms with van der Waals surface area (Å²) in [6.45, 7) is 5.00. The molecule has 0 spiro atoms. The molecule has 2 aromatic heterocycles. The normalized spacial score (nSPS) is 10.6. The van der Waals surface area contributed by atoms with Crippen LogP contribution in [0.1, 0.15) is 25.2 Å². The van der Waals surface area contributed by atoms with Crippen molar-refractivity contribution in [3.63, 3.8) is 0 Å². The van der Waals surface area contributed by atoms with E-state index in [1.165, 1.54) is 0 Å². The van der Waals surface area contributed by atoms with E-state index in [0.717, 1.165) is 12.1 Å². The van der Waals surface area contributed by atoms with Crippen LogP contribution < -0.4 is 5.32 Å². The minimum Gasteiger partial charge on any atom is -0.310 e. The first-order valence-corrected chi connectivity index (χ1v) is 5.83. The van der Waals surface area contributed by atoms with Crippen LogP contribution in [0.5, 0.6) is 0 Å². The predicted octanol–water partition coefficient (Wildman–Crippen LogP) is 1.64. The van der Waals surface area contributed by atoms with Crippen molar-refractivity contribution < 1.29 is 0 Å². The fraction of sp³-hybridized carbons (Fsp3) is 0.308. The fourth-order valence-corrected chi connectivity index (χ4v) is 1.56. The zero-order valence-electron chi connectivity index (χ0n) is 10.5. The SMILES string of the molecule is CC(C)NCc1ccc(-n2ccnc2C#N)nc1. The molecule has 0 fully saturated rings. The van der Waals surface area contributed by atoms with Crippen molar-refractivity contribution in [3.8, 4) is 11.9 Å². The molecular weight excluding hydrogens is 226 g/mol. The third-order valence-electron chi connectivity index (χ3n) is 2.51. The van der Waals surface area contributed by atoms with Crippen molar-refractivity contribution in [2.75, 3.05) is 0 Å². The Kier molecular flexibility index (Phi) is 3.70. The third kappa shape index (κ3) is 2.73. The topological polar surface area (TPSA) is 66.5 Å². The maximum Gasteiger partial charge on any atom is 0.218 e. The van der Waals surface area contributed by atoms with E-state index in [0.29, 0.717) is 17.7 Å². The smallest absolute Gasteiger partial charge is 0.218 e. The van der Waals surface area contributed by atoms with Gasteiger partial charge in [-0.15, -0.1) is 0 Å². The molecule has 5 nitrogen and oxygen atoms in total. The first-order chi connectivity index (χ1) is 8.70. The number of nitrogens with zero attached hydrogens (tertiary/aromatic N) is 4. The molecule has 0 radical (unpaired) electrons. The van der Waals surface area contributed by atoms with Crippen LogP contribution in [0.15, 0.2) is 30.7 Å². The summed E-state index contributed by atoms with van der Waals surface area (Å²) in [7, 11) is 0. The molecule has 0 aliphatic heterocycles. The molecule has 0 unspecified atom stereocenters. The van der Waals surface area contributed by atoms with Gasteiger partial charge in [0.2, 0.25) is 5.82 Å². The first-order valence-electron chi connectivity index (χ1n) is 5.83. The van der Waals surface area contributed by atoms with Crippen LogP contribution in [0.4, 0.5) is 0 Å². The number of imidazole rings is 1. The number of nitrogens with one attached hydrogen (secondary N) is 1. The molecule has 0 amide bonds. The summed E-state index contributed by atoms with van der Waals surface area (Å²) in [4.78, 5) is 8.28. The van der Waals surface area contributed by atoms with Crippen LogP contribution in [-0.2, 0) is 6.54 Å². The van der Waals surface area contributed by atoms with Crippen molar-refractivity contribution in [2.45, 2.75) is 26.4 Å². The van der Waals surface area contributed by atoms with Crippen LogP contribution in [0, 0.1) is 11.3 Å². The summed E-state index contributed by atoms with van der Waals surface area (Å²) in [6.07, 6.45) is 5.13. The summed E-state index contributed by atoms with van der Waals surface area (Å²) in [5.41, 5.74) is 1.12. The van der Waals surface area contributed by atoms with Gasteiger partial charge in [0.15, 0.2) is 0 Å². The molecule has 2 rings (SSSR count). The predicted molar refractivity (Wildman–Crippen MR) is 68.0 cm³/mol. The molecule has 5 heteroatoms. The second-order valence-electron chi connectivity index (χ2n) is 4.29. The van der Waals surface area contributed by atoms with Gasteiger partial charge in [-0.3, -0.25) is 4.57 Å². The van der Waals surface area contributed by atoms with Crippen molar-refractivity contribution in [1.29, 1.82) is 5.26 Å². The molecule has 18 heavy (non-hydrogen) atoms. The lowest BCUT2D eigenvalue weighted by molar-refractivity contribution is 0.588. The van der Waals surface area contributed by atoms with Crippen molar-refractivity contribution >= 4 is 0 Å². The van der Waals surface area contributed by atoms with Crippen LogP contribution in [-0.4, -0.2) is 20.6 Å². The molecule has 0 saturated carbocycles. The fourth-order valence-electron chi connectivity index (χ4n) is 1.56. The Labute approximate surface area is 106 Å². The van der Waals surface area contributed by atoms with E-state index in [9.17, 15) is 0 Å². The zero-order chi connectivity index (χ0) is 13.0.